The summed E-state index contributed by atoms with van der Waals surface area (Å²) in [5.41, 5.74) is -3.34. The molecule has 1 spiro atoms. The average Bonchev–Trinajstić information content (AvgIpc) is 3.32. The van der Waals surface area contributed by atoms with Gasteiger partial charge in [-0.1, -0.05) is 36.4 Å². The number of likely N-dealkylation sites (tertiary alicyclic amines) is 1. The smallest absolute Gasteiger partial charge is 0.422 e. The van der Waals surface area contributed by atoms with Crippen LogP contribution in [0.2, 0.25) is 0 Å². The number of nitro benzene ring substituents is 1. The quantitative estimate of drug-likeness (QED) is 0.299. The van der Waals surface area contributed by atoms with Crippen molar-refractivity contribution in [1.29, 1.82) is 0 Å². The molecule has 1 saturated heterocycles. The number of piperidine rings is 1. The maximum atomic E-state index is 14.8. The third kappa shape index (κ3) is 5.08. The number of hydrogen-bond acceptors (Lipinski definition) is 6. The van der Waals surface area contributed by atoms with E-state index < -0.39 is 28.8 Å². The molecule has 11 heteroatoms. The highest BCUT2D eigenvalue weighted by molar-refractivity contribution is 5.87. The van der Waals surface area contributed by atoms with Crippen molar-refractivity contribution in [2.24, 2.45) is 0 Å². The van der Waals surface area contributed by atoms with Gasteiger partial charge >= 0.3 is 6.18 Å². The molecule has 2 aromatic carbocycles. The Hall–Kier alpha value is -3.83. The summed E-state index contributed by atoms with van der Waals surface area (Å²) in [7, 11) is 0. The number of alkyl halides is 3. The molecule has 0 amide bonds. The molecule has 0 saturated carbocycles. The number of nitro groups is 1. The summed E-state index contributed by atoms with van der Waals surface area (Å²) in [6, 6.07) is 12.8. The number of rotatable bonds is 6. The molecule has 1 atom stereocenters. The minimum atomic E-state index is -5.01. The van der Waals surface area contributed by atoms with Gasteiger partial charge in [-0.05, 0) is 24.1 Å². The highest BCUT2D eigenvalue weighted by Gasteiger charge is 2.57. The molecule has 1 aromatic heterocycles. The SMILES string of the molecule is O=[N+]([O-])c1ccc2c(C(O)(CN3CCC4(CC3)COC3=C(C=CCC3)O4)C(F)(F)F)cn(Cc3ccccc3)c2c1. The zero-order valence-electron chi connectivity index (χ0n) is 22.3. The molecule has 1 fully saturated rings. The Balaban J connectivity index is 1.30. The average molecular weight is 570 g/mol. The summed E-state index contributed by atoms with van der Waals surface area (Å²) in [6.45, 7) is 0.415. The molecule has 1 N–H and O–H groups in total. The minimum absolute atomic E-state index is 0.118. The second-order valence-corrected chi connectivity index (χ2v) is 11.1. The van der Waals surface area contributed by atoms with Crippen LogP contribution in [-0.4, -0.2) is 57.5 Å². The van der Waals surface area contributed by atoms with E-state index in [1.165, 1.54) is 29.0 Å². The number of ether oxygens (including phenoxy) is 2. The lowest BCUT2D eigenvalue weighted by atomic mass is 9.87. The molecule has 3 heterocycles. The number of halogens is 3. The van der Waals surface area contributed by atoms with Crippen molar-refractivity contribution in [2.45, 2.75) is 49.6 Å². The second-order valence-electron chi connectivity index (χ2n) is 11.1. The molecule has 3 aliphatic rings. The van der Waals surface area contributed by atoms with Crippen molar-refractivity contribution in [1.82, 2.24) is 9.47 Å². The zero-order chi connectivity index (χ0) is 28.8. The first-order chi connectivity index (χ1) is 19.6. The molecule has 0 bridgehead atoms. The maximum absolute atomic E-state index is 14.8. The maximum Gasteiger partial charge on any atom is 0.422 e. The molecular weight excluding hydrogens is 539 g/mol. The number of β-amino-alcohol motifs (C(OH)–C–C–N with tert-alkyl or cyclic N) is 1. The Morgan fingerprint density at radius 2 is 1.85 bits per heavy atom. The molecule has 8 nitrogen and oxygen atoms in total. The van der Waals surface area contributed by atoms with E-state index in [4.69, 9.17) is 9.47 Å². The number of non-ortho nitro benzene ring substituents is 1. The van der Waals surface area contributed by atoms with Crippen LogP contribution in [0.1, 0.15) is 36.8 Å². The fraction of sp³-hybridized carbons (Fsp3) is 0.400. The molecule has 216 valence electrons. The van der Waals surface area contributed by atoms with Crippen molar-refractivity contribution in [3.63, 3.8) is 0 Å². The van der Waals surface area contributed by atoms with Gasteiger partial charge in [-0.15, -0.1) is 0 Å². The highest BCUT2D eigenvalue weighted by atomic mass is 19.4. The van der Waals surface area contributed by atoms with E-state index in [2.05, 4.69) is 0 Å². The van der Waals surface area contributed by atoms with Crippen molar-refractivity contribution < 1.29 is 32.7 Å². The summed E-state index contributed by atoms with van der Waals surface area (Å²) >= 11 is 0. The number of aliphatic hydroxyl groups is 1. The number of allylic oxidation sites excluding steroid dienone is 3. The standard InChI is InChI=1S/C30H30F3N3O5/c31-30(32,33)29(37,19-34-14-12-28(13-15-34)20-40-26-8-4-5-9-27(26)41-28)24-18-35(17-21-6-2-1-3-7-21)25-16-22(36(38)39)10-11-23(24)25/h1-3,5-7,9-11,16,18,37H,4,8,12-15,17,19-20H2. The van der Waals surface area contributed by atoms with E-state index >= 15 is 0 Å². The van der Waals surface area contributed by atoms with E-state index in [0.717, 1.165) is 24.2 Å². The van der Waals surface area contributed by atoms with Crippen LogP contribution in [0, 0.1) is 10.1 Å². The van der Waals surface area contributed by atoms with E-state index in [1.807, 2.05) is 42.5 Å². The lowest BCUT2D eigenvalue weighted by molar-refractivity contribution is -0.384. The van der Waals surface area contributed by atoms with Crippen molar-refractivity contribution >= 4 is 16.6 Å². The molecule has 2 aliphatic heterocycles. The van der Waals surface area contributed by atoms with Gasteiger partial charge in [0.25, 0.3) is 5.69 Å². The fourth-order valence-corrected chi connectivity index (χ4v) is 5.99. The molecule has 1 unspecified atom stereocenters. The number of fused-ring (bicyclic) bond motifs is 1. The van der Waals surface area contributed by atoms with Gasteiger partial charge in [0, 0.05) is 74.7 Å². The van der Waals surface area contributed by atoms with Gasteiger partial charge in [-0.3, -0.25) is 15.0 Å². The lowest BCUT2D eigenvalue weighted by Crippen LogP contribution is -2.56. The second kappa shape index (κ2) is 10.2. The largest absolute Gasteiger partial charge is 0.490 e. The summed E-state index contributed by atoms with van der Waals surface area (Å²) in [5, 5.41) is 23.1. The van der Waals surface area contributed by atoms with Crippen LogP contribution in [-0.2, 0) is 21.6 Å². The first-order valence-corrected chi connectivity index (χ1v) is 13.6. The third-order valence-corrected chi connectivity index (χ3v) is 8.32. The fourth-order valence-electron chi connectivity index (χ4n) is 5.99. The van der Waals surface area contributed by atoms with Crippen LogP contribution in [0.25, 0.3) is 10.9 Å². The molecular formula is C30H30F3N3O5. The van der Waals surface area contributed by atoms with Crippen molar-refractivity contribution in [3.05, 3.63) is 99.6 Å². The molecule has 6 rings (SSSR count). The number of benzene rings is 2. The number of aromatic nitrogens is 1. The molecule has 3 aromatic rings. The van der Waals surface area contributed by atoms with Gasteiger partial charge in [0.1, 0.15) is 18.0 Å². The summed E-state index contributed by atoms with van der Waals surface area (Å²) < 4.78 is 58.2. The van der Waals surface area contributed by atoms with Crippen LogP contribution in [0.5, 0.6) is 0 Å². The van der Waals surface area contributed by atoms with Gasteiger partial charge in [-0.25, -0.2) is 0 Å². The van der Waals surface area contributed by atoms with E-state index in [1.54, 1.807) is 4.90 Å². The third-order valence-electron chi connectivity index (χ3n) is 8.32. The Morgan fingerprint density at radius 1 is 1.10 bits per heavy atom. The summed E-state index contributed by atoms with van der Waals surface area (Å²) in [4.78, 5) is 12.5. The van der Waals surface area contributed by atoms with Crippen molar-refractivity contribution in [2.75, 3.05) is 26.2 Å². The van der Waals surface area contributed by atoms with E-state index in [0.29, 0.717) is 25.2 Å². The van der Waals surface area contributed by atoms with Crippen LogP contribution < -0.4 is 0 Å². The van der Waals surface area contributed by atoms with E-state index in [-0.39, 0.29) is 41.8 Å². The lowest BCUT2D eigenvalue weighted by Gasteiger charge is -2.46. The topological polar surface area (TPSA) is 90.0 Å². The predicted octanol–water partition coefficient (Wildman–Crippen LogP) is 5.79. The summed E-state index contributed by atoms with van der Waals surface area (Å²) in [5.74, 6) is 1.52. The minimum Gasteiger partial charge on any atom is -0.490 e. The van der Waals surface area contributed by atoms with Crippen LogP contribution in [0.15, 0.2) is 78.4 Å². The van der Waals surface area contributed by atoms with Gasteiger partial charge < -0.3 is 19.1 Å². The van der Waals surface area contributed by atoms with Gasteiger partial charge in [-0.2, -0.15) is 13.2 Å². The highest BCUT2D eigenvalue weighted by Crippen LogP contribution is 2.45. The normalized spacial score (nSPS) is 20.4. The molecule has 0 radical (unpaired) electrons. The van der Waals surface area contributed by atoms with Gasteiger partial charge in [0.2, 0.25) is 5.60 Å². The van der Waals surface area contributed by atoms with Gasteiger partial charge in [0.05, 0.1) is 10.4 Å². The Kier molecular flexibility index (Phi) is 6.82. The first kappa shape index (κ1) is 27.3. The summed E-state index contributed by atoms with van der Waals surface area (Å²) in [6.07, 6.45) is 2.74. The molecule has 1 aliphatic carbocycles. The van der Waals surface area contributed by atoms with Crippen LogP contribution >= 0.6 is 0 Å². The predicted molar refractivity (Wildman–Crippen MR) is 145 cm³/mol. The monoisotopic (exact) mass is 569 g/mol. The number of nitrogens with zero attached hydrogens (tertiary/aromatic N) is 3. The Morgan fingerprint density at radius 3 is 2.56 bits per heavy atom. The Bertz CT molecular complexity index is 1520. The molecule has 41 heavy (non-hydrogen) atoms. The van der Waals surface area contributed by atoms with Crippen LogP contribution in [0.3, 0.4) is 0 Å². The van der Waals surface area contributed by atoms with E-state index in [9.17, 15) is 28.4 Å². The zero-order valence-corrected chi connectivity index (χ0v) is 22.3. The number of hydrogen-bond donors (Lipinski definition) is 1. The van der Waals surface area contributed by atoms with Gasteiger partial charge in [0.15, 0.2) is 5.76 Å². The van der Waals surface area contributed by atoms with Crippen molar-refractivity contribution in [3.8, 4) is 0 Å². The Labute approximate surface area is 234 Å². The van der Waals surface area contributed by atoms with Crippen LogP contribution in [0.4, 0.5) is 18.9 Å². The first-order valence-electron chi connectivity index (χ1n) is 13.6.